The molecule has 0 bridgehead atoms. The third-order valence-electron chi connectivity index (χ3n) is 6.18. The first kappa shape index (κ1) is 22.5. The van der Waals surface area contributed by atoms with E-state index in [1.165, 1.54) is 0 Å². The highest BCUT2D eigenvalue weighted by Crippen LogP contribution is 2.31. The average molecular weight is 469 g/mol. The Labute approximate surface area is 196 Å². The number of piperidine rings is 1. The molecule has 10 nitrogen and oxygen atoms in total. The summed E-state index contributed by atoms with van der Waals surface area (Å²) in [5, 5.41) is 14.2. The SMILES string of the molecule is O=C(NCCF)Nc1ccc(-c2nc(N3CCOCC3)c3cnn(C4CCNCC4)c3n2)cc1. The second-order valence-corrected chi connectivity index (χ2v) is 8.43. The first-order valence-corrected chi connectivity index (χ1v) is 11.7. The van der Waals surface area contributed by atoms with Gasteiger partial charge in [0.1, 0.15) is 12.5 Å². The normalized spacial score (nSPS) is 17.1. The van der Waals surface area contributed by atoms with Gasteiger partial charge in [-0.1, -0.05) is 0 Å². The first-order chi connectivity index (χ1) is 16.7. The maximum atomic E-state index is 12.3. The van der Waals surface area contributed by atoms with Crippen LogP contribution in [-0.4, -0.2) is 78.4 Å². The number of amides is 2. The van der Waals surface area contributed by atoms with Crippen molar-refractivity contribution in [2.45, 2.75) is 18.9 Å². The van der Waals surface area contributed by atoms with E-state index < -0.39 is 12.7 Å². The van der Waals surface area contributed by atoms with Gasteiger partial charge < -0.3 is 25.6 Å². The zero-order chi connectivity index (χ0) is 23.3. The highest BCUT2D eigenvalue weighted by molar-refractivity contribution is 5.90. The van der Waals surface area contributed by atoms with Crippen LogP contribution in [0.15, 0.2) is 30.5 Å². The predicted molar refractivity (Wildman–Crippen MR) is 128 cm³/mol. The van der Waals surface area contributed by atoms with E-state index in [1.807, 2.05) is 18.3 Å². The third kappa shape index (κ3) is 4.80. The Morgan fingerprint density at radius 1 is 1.15 bits per heavy atom. The summed E-state index contributed by atoms with van der Waals surface area (Å²) in [5.74, 6) is 1.48. The van der Waals surface area contributed by atoms with E-state index in [4.69, 9.17) is 19.8 Å². The molecular formula is C23H29FN8O2. The largest absolute Gasteiger partial charge is 0.378 e. The molecular weight excluding hydrogens is 439 g/mol. The number of urea groups is 1. The van der Waals surface area contributed by atoms with E-state index in [0.29, 0.717) is 30.8 Å². The summed E-state index contributed by atoms with van der Waals surface area (Å²) in [5.41, 5.74) is 2.28. The van der Waals surface area contributed by atoms with Crippen LogP contribution in [0.4, 0.5) is 20.7 Å². The van der Waals surface area contributed by atoms with E-state index in [-0.39, 0.29) is 6.54 Å². The van der Waals surface area contributed by atoms with E-state index in [2.05, 4.69) is 25.5 Å². The maximum absolute atomic E-state index is 12.3. The van der Waals surface area contributed by atoms with Crippen LogP contribution >= 0.6 is 0 Å². The third-order valence-corrected chi connectivity index (χ3v) is 6.18. The number of alkyl halides is 1. The molecule has 2 aromatic heterocycles. The molecule has 4 heterocycles. The van der Waals surface area contributed by atoms with Crippen molar-refractivity contribution in [1.29, 1.82) is 0 Å². The lowest BCUT2D eigenvalue weighted by molar-refractivity contribution is 0.122. The van der Waals surface area contributed by atoms with Crippen LogP contribution in [0.5, 0.6) is 0 Å². The van der Waals surface area contributed by atoms with Gasteiger partial charge in [0.2, 0.25) is 0 Å². The van der Waals surface area contributed by atoms with Crippen molar-refractivity contribution < 1.29 is 13.9 Å². The average Bonchev–Trinajstić information content (AvgIpc) is 3.32. The van der Waals surface area contributed by atoms with Crippen LogP contribution in [0.25, 0.3) is 22.4 Å². The quantitative estimate of drug-likeness (QED) is 0.510. The lowest BCUT2D eigenvalue weighted by Crippen LogP contribution is -2.37. The number of nitrogens with one attached hydrogen (secondary N) is 3. The summed E-state index contributed by atoms with van der Waals surface area (Å²) in [6.07, 6.45) is 3.90. The van der Waals surface area contributed by atoms with Crippen LogP contribution < -0.4 is 20.9 Å². The van der Waals surface area contributed by atoms with Crippen molar-refractivity contribution in [3.05, 3.63) is 30.5 Å². The van der Waals surface area contributed by atoms with Gasteiger partial charge in [-0.05, 0) is 50.2 Å². The van der Waals surface area contributed by atoms with Crippen molar-refractivity contribution in [2.24, 2.45) is 0 Å². The number of carbonyl (C=O) groups is 1. The molecule has 1 aromatic carbocycles. The molecule has 3 N–H and O–H groups in total. The van der Waals surface area contributed by atoms with Gasteiger partial charge in [0, 0.05) is 30.9 Å². The maximum Gasteiger partial charge on any atom is 0.319 e. The summed E-state index contributed by atoms with van der Waals surface area (Å²) in [6, 6.07) is 7.19. The van der Waals surface area contributed by atoms with Crippen LogP contribution in [0.3, 0.4) is 0 Å². The Balaban J connectivity index is 1.49. The minimum absolute atomic E-state index is 0.0210. The Bertz CT molecular complexity index is 1120. The number of hydrogen-bond acceptors (Lipinski definition) is 7. The number of fused-ring (bicyclic) bond motifs is 1. The van der Waals surface area contributed by atoms with Gasteiger partial charge in [0.25, 0.3) is 0 Å². The molecule has 0 unspecified atom stereocenters. The lowest BCUT2D eigenvalue weighted by atomic mass is 10.1. The van der Waals surface area contributed by atoms with Crippen LogP contribution in [0.2, 0.25) is 0 Å². The molecule has 11 heteroatoms. The van der Waals surface area contributed by atoms with Gasteiger partial charge in [0.15, 0.2) is 11.5 Å². The highest BCUT2D eigenvalue weighted by Gasteiger charge is 2.24. The zero-order valence-corrected chi connectivity index (χ0v) is 19.0. The molecule has 0 radical (unpaired) electrons. The molecule has 2 saturated heterocycles. The van der Waals surface area contributed by atoms with Gasteiger partial charge in [-0.25, -0.2) is 23.8 Å². The van der Waals surface area contributed by atoms with Gasteiger partial charge in [0.05, 0.1) is 30.8 Å². The summed E-state index contributed by atoms with van der Waals surface area (Å²) in [4.78, 5) is 23.9. The fourth-order valence-corrected chi connectivity index (χ4v) is 4.41. The monoisotopic (exact) mass is 468 g/mol. The van der Waals surface area contributed by atoms with Crippen molar-refractivity contribution in [3.63, 3.8) is 0 Å². The topological polar surface area (TPSA) is 109 Å². The number of rotatable bonds is 6. The number of halogens is 1. The minimum Gasteiger partial charge on any atom is -0.378 e. The fourth-order valence-electron chi connectivity index (χ4n) is 4.41. The molecule has 2 aliphatic rings. The van der Waals surface area contributed by atoms with Crippen LogP contribution in [0.1, 0.15) is 18.9 Å². The molecule has 2 fully saturated rings. The number of ether oxygens (including phenoxy) is 1. The van der Waals surface area contributed by atoms with E-state index in [0.717, 1.165) is 61.4 Å². The Hall–Kier alpha value is -3.31. The number of anilines is 2. The Morgan fingerprint density at radius 3 is 2.65 bits per heavy atom. The number of hydrogen-bond donors (Lipinski definition) is 3. The summed E-state index contributed by atoms with van der Waals surface area (Å²) < 4.78 is 19.9. The highest BCUT2D eigenvalue weighted by atomic mass is 19.1. The molecule has 5 rings (SSSR count). The molecule has 34 heavy (non-hydrogen) atoms. The zero-order valence-electron chi connectivity index (χ0n) is 19.0. The van der Waals surface area contributed by atoms with Crippen molar-refractivity contribution >= 4 is 28.6 Å². The van der Waals surface area contributed by atoms with E-state index in [1.54, 1.807) is 12.1 Å². The second kappa shape index (κ2) is 10.3. The number of carbonyl (C=O) groups excluding carboxylic acids is 1. The van der Waals surface area contributed by atoms with Crippen molar-refractivity contribution in [2.75, 3.05) is 62.8 Å². The Kier molecular flexibility index (Phi) is 6.82. The summed E-state index contributed by atoms with van der Waals surface area (Å²) in [7, 11) is 0. The van der Waals surface area contributed by atoms with Crippen LogP contribution in [0, 0.1) is 0 Å². The van der Waals surface area contributed by atoms with Gasteiger partial charge in [-0.2, -0.15) is 5.10 Å². The van der Waals surface area contributed by atoms with Crippen molar-refractivity contribution in [3.8, 4) is 11.4 Å². The number of nitrogens with zero attached hydrogens (tertiary/aromatic N) is 5. The van der Waals surface area contributed by atoms with Crippen LogP contribution in [-0.2, 0) is 4.74 Å². The molecule has 0 saturated carbocycles. The smallest absolute Gasteiger partial charge is 0.319 e. The number of aromatic nitrogens is 4. The van der Waals surface area contributed by atoms with Gasteiger partial charge in [-0.15, -0.1) is 0 Å². The number of benzene rings is 1. The van der Waals surface area contributed by atoms with Gasteiger partial charge >= 0.3 is 6.03 Å². The standard InChI is InChI=1S/C23H29FN8O2/c24-7-10-26-23(33)28-17-3-1-16(2-4-17)20-29-21(31-11-13-34-14-12-31)19-15-27-32(22(19)30-20)18-5-8-25-9-6-18/h1-4,15,18,25H,5-14H2,(H2,26,28,33). The second-order valence-electron chi connectivity index (χ2n) is 8.43. The molecule has 180 valence electrons. The Morgan fingerprint density at radius 2 is 1.91 bits per heavy atom. The van der Waals surface area contributed by atoms with E-state index >= 15 is 0 Å². The fraction of sp³-hybridized carbons (Fsp3) is 0.478. The predicted octanol–water partition coefficient (Wildman–Crippen LogP) is 2.35. The molecule has 2 aliphatic heterocycles. The van der Waals surface area contributed by atoms with Crippen molar-refractivity contribution in [1.82, 2.24) is 30.4 Å². The lowest BCUT2D eigenvalue weighted by Gasteiger charge is -2.28. The molecule has 0 spiro atoms. The van der Waals surface area contributed by atoms with Gasteiger partial charge in [-0.3, -0.25) is 0 Å². The summed E-state index contributed by atoms with van der Waals surface area (Å²) >= 11 is 0. The molecule has 0 atom stereocenters. The number of morpholine rings is 1. The molecule has 3 aromatic rings. The first-order valence-electron chi connectivity index (χ1n) is 11.7. The summed E-state index contributed by atoms with van der Waals surface area (Å²) in [6.45, 7) is 4.16. The molecule has 2 amide bonds. The molecule has 0 aliphatic carbocycles. The minimum atomic E-state index is -0.606. The van der Waals surface area contributed by atoms with E-state index in [9.17, 15) is 9.18 Å².